The molecule has 3 aromatic rings. The number of quaternary nitrogens is 1. The second kappa shape index (κ2) is 13.5. The van der Waals surface area contributed by atoms with Gasteiger partial charge in [0.25, 0.3) is 11.5 Å². The molecule has 13 nitrogen and oxygen atoms in total. The third-order valence-corrected chi connectivity index (χ3v) is 6.28. The average molecular weight is 589 g/mol. The maximum Gasteiger partial charge on any atom is 0.430 e. The third kappa shape index (κ3) is 9.07. The number of benzene rings is 1. The van der Waals surface area contributed by atoms with Crippen LogP contribution < -0.4 is 31.2 Å². The third-order valence-electron chi connectivity index (χ3n) is 4.80. The van der Waals surface area contributed by atoms with Crippen molar-refractivity contribution in [2.75, 3.05) is 19.7 Å². The van der Waals surface area contributed by atoms with Gasteiger partial charge >= 0.3 is 12.1 Å². The van der Waals surface area contributed by atoms with Crippen LogP contribution in [0.5, 0.6) is 5.75 Å². The monoisotopic (exact) mass is 588 g/mol. The minimum absolute atomic E-state index is 0.00137. The predicted octanol–water partition coefficient (Wildman–Crippen LogP) is -1.62. The van der Waals surface area contributed by atoms with Gasteiger partial charge in [0.1, 0.15) is 30.9 Å². The summed E-state index contributed by atoms with van der Waals surface area (Å²) in [5.41, 5.74) is 3.61. The van der Waals surface area contributed by atoms with Crippen molar-refractivity contribution in [2.45, 2.75) is 17.1 Å². The van der Waals surface area contributed by atoms with Gasteiger partial charge in [-0.1, -0.05) is 18.2 Å². The number of carboxylic acids is 2. The van der Waals surface area contributed by atoms with Crippen LogP contribution in [0.25, 0.3) is 5.52 Å². The number of nitrogens with one attached hydrogen (secondary N) is 2. The van der Waals surface area contributed by atoms with Gasteiger partial charge in [0.2, 0.25) is 10.0 Å². The van der Waals surface area contributed by atoms with Gasteiger partial charge in [-0.3, -0.25) is 18.8 Å². The van der Waals surface area contributed by atoms with E-state index in [9.17, 15) is 41.1 Å². The lowest BCUT2D eigenvalue weighted by Gasteiger charge is -2.16. The number of carboxylic acid groups (broad SMARTS) is 2. The summed E-state index contributed by atoms with van der Waals surface area (Å²) in [5.74, 6) is -4.73. The zero-order chi connectivity index (χ0) is 30.1. The van der Waals surface area contributed by atoms with E-state index < -0.39 is 52.2 Å². The van der Waals surface area contributed by atoms with Gasteiger partial charge in [-0.2, -0.15) is 17.9 Å². The van der Waals surface area contributed by atoms with E-state index in [4.69, 9.17) is 14.6 Å². The summed E-state index contributed by atoms with van der Waals surface area (Å²) < 4.78 is 65.2. The molecule has 0 aliphatic heterocycles. The number of ether oxygens (including phenoxy) is 1. The zero-order valence-electron chi connectivity index (χ0n) is 20.4. The van der Waals surface area contributed by atoms with E-state index >= 15 is 0 Å². The van der Waals surface area contributed by atoms with Gasteiger partial charge in [0, 0.05) is 23.7 Å². The predicted molar refractivity (Wildman–Crippen MR) is 128 cm³/mol. The van der Waals surface area contributed by atoms with Crippen LogP contribution in [0.15, 0.2) is 70.5 Å². The Bertz CT molecular complexity index is 1530. The van der Waals surface area contributed by atoms with E-state index in [-0.39, 0.29) is 10.5 Å². The van der Waals surface area contributed by atoms with Crippen LogP contribution in [0.1, 0.15) is 10.4 Å². The van der Waals surface area contributed by atoms with E-state index in [0.29, 0.717) is 24.4 Å². The maximum atomic E-state index is 12.6. The molecule has 0 fully saturated rings. The number of pyridine rings is 2. The second-order valence-electron chi connectivity index (χ2n) is 7.76. The number of sulfonamides is 1. The number of aliphatic carboxylic acids is 2. The average Bonchev–Trinajstić information content (AvgIpc) is 2.89. The van der Waals surface area contributed by atoms with Gasteiger partial charge < -0.3 is 30.8 Å². The quantitative estimate of drug-likeness (QED) is 0.214. The number of rotatable bonds is 10. The molecule has 6 N–H and O–H groups in total. The number of aromatic nitrogens is 1. The molecule has 17 heteroatoms. The summed E-state index contributed by atoms with van der Waals surface area (Å²) in [7, 11) is -4.11. The number of fused-ring (bicyclic) bond motifs is 1. The first-order valence-corrected chi connectivity index (χ1v) is 12.6. The largest absolute Gasteiger partial charge is 0.542 e. The van der Waals surface area contributed by atoms with Crippen LogP contribution in [0.4, 0.5) is 13.2 Å². The fraction of sp³-hybridized carbons (Fsp3) is 0.217. The van der Waals surface area contributed by atoms with E-state index in [1.807, 2.05) is 0 Å². The number of hydrogen-bond donors (Lipinski definition) is 4. The van der Waals surface area contributed by atoms with E-state index in [2.05, 4.69) is 15.8 Å². The van der Waals surface area contributed by atoms with Gasteiger partial charge in [0.15, 0.2) is 0 Å². The maximum absolute atomic E-state index is 12.6. The summed E-state index contributed by atoms with van der Waals surface area (Å²) in [6.07, 6.45) is -3.70. The van der Waals surface area contributed by atoms with Crippen LogP contribution in [-0.4, -0.2) is 67.7 Å². The Labute approximate surface area is 224 Å². The van der Waals surface area contributed by atoms with Crippen LogP contribution in [0.3, 0.4) is 0 Å². The highest BCUT2D eigenvalue weighted by molar-refractivity contribution is 7.89. The van der Waals surface area contributed by atoms with Gasteiger partial charge in [-0.25, -0.2) is 8.42 Å². The number of nitrogens with zero attached hydrogens (tertiary/aromatic N) is 1. The molecular formula is C23H23F3N4O9S. The van der Waals surface area contributed by atoms with E-state index in [1.165, 1.54) is 40.9 Å². The number of carbonyl (C=O) groups excluding carboxylic acids is 2. The number of carbonyl (C=O) groups is 3. The van der Waals surface area contributed by atoms with Crippen molar-refractivity contribution >= 4 is 33.4 Å². The number of amides is 1. The number of halogens is 3. The lowest BCUT2D eigenvalue weighted by atomic mass is 10.2. The summed E-state index contributed by atoms with van der Waals surface area (Å²) in [6.45, 7) is 0.418. The van der Waals surface area contributed by atoms with Crippen molar-refractivity contribution in [1.29, 1.82) is 0 Å². The fourth-order valence-electron chi connectivity index (χ4n) is 2.94. The van der Waals surface area contributed by atoms with Crippen molar-refractivity contribution in [3.05, 3.63) is 76.7 Å². The van der Waals surface area contributed by atoms with Crippen LogP contribution in [-0.2, 0) is 19.6 Å². The van der Waals surface area contributed by atoms with E-state index in [1.54, 1.807) is 18.2 Å². The first-order valence-electron chi connectivity index (χ1n) is 11.1. The standard InChI is InChI=1S/C21H22N4O7S.C2HF3O2/c22-8-9-32-16-7-6-15-10-14(11-19(26)25(15)13-16)20(27)23-12-18(21(28)29)24-33(30,31)17-4-2-1-3-5-17;3-2(4,5)1(6)7/h1-7,10-11,13,18,24H,8-9,12,22H2,(H,23,27)(H,28,29);(H,6,7)/t18-;/m0./s1. The summed E-state index contributed by atoms with van der Waals surface area (Å²) >= 11 is 0. The second-order valence-corrected chi connectivity index (χ2v) is 9.48. The first kappa shape index (κ1) is 31.7. The van der Waals surface area contributed by atoms with Crippen molar-refractivity contribution in [3.8, 4) is 5.75 Å². The van der Waals surface area contributed by atoms with Crippen molar-refractivity contribution in [1.82, 2.24) is 14.4 Å². The van der Waals surface area contributed by atoms with Gasteiger partial charge in [-0.15, -0.1) is 0 Å². The highest BCUT2D eigenvalue weighted by Crippen LogP contribution is 2.14. The van der Waals surface area contributed by atoms with Gasteiger partial charge in [-0.05, 0) is 30.3 Å². The smallest absolute Gasteiger partial charge is 0.430 e. The highest BCUT2D eigenvalue weighted by Gasteiger charge is 2.29. The SMILES string of the molecule is O=C([O-])C(F)(F)F.[NH3+]CCOc1ccc2cc(C(=O)NC[C@H](NS(=O)(=O)c3ccccc3)C(=O)O)cc(=O)n2c1. The van der Waals surface area contributed by atoms with Crippen molar-refractivity contribution < 1.29 is 56.7 Å². The molecule has 0 aliphatic carbocycles. The normalized spacial score (nSPS) is 12.1. The summed E-state index contributed by atoms with van der Waals surface area (Å²) in [4.78, 5) is 45.2. The molecule has 216 valence electrons. The van der Waals surface area contributed by atoms with Crippen LogP contribution >= 0.6 is 0 Å². The van der Waals surface area contributed by atoms with Crippen LogP contribution in [0, 0.1) is 0 Å². The van der Waals surface area contributed by atoms with Crippen molar-refractivity contribution in [3.63, 3.8) is 0 Å². The Morgan fingerprint density at radius 3 is 2.27 bits per heavy atom. The molecule has 0 radical (unpaired) electrons. The molecule has 0 saturated carbocycles. The number of hydrogen-bond acceptors (Lipinski definition) is 8. The van der Waals surface area contributed by atoms with Crippen LogP contribution in [0.2, 0.25) is 0 Å². The minimum atomic E-state index is -5.19. The Balaban J connectivity index is 0.000000708. The first-order chi connectivity index (χ1) is 18.7. The lowest BCUT2D eigenvalue weighted by Crippen LogP contribution is -2.52. The zero-order valence-corrected chi connectivity index (χ0v) is 21.2. The van der Waals surface area contributed by atoms with E-state index in [0.717, 1.165) is 6.07 Å². The Kier molecular flexibility index (Phi) is 10.7. The Hall–Kier alpha value is -4.48. The summed E-state index contributed by atoms with van der Waals surface area (Å²) in [6, 6.07) is 11.4. The highest BCUT2D eigenvalue weighted by atomic mass is 32.2. The molecule has 0 saturated heterocycles. The topological polar surface area (TPSA) is 211 Å². The Morgan fingerprint density at radius 2 is 1.73 bits per heavy atom. The molecule has 0 spiro atoms. The fourth-order valence-corrected chi connectivity index (χ4v) is 4.15. The molecule has 3 rings (SSSR count). The minimum Gasteiger partial charge on any atom is -0.542 e. The molecule has 1 aromatic carbocycles. The molecule has 1 atom stereocenters. The molecule has 0 bridgehead atoms. The number of alkyl halides is 3. The Morgan fingerprint density at radius 1 is 1.10 bits per heavy atom. The lowest BCUT2D eigenvalue weighted by molar-refractivity contribution is -0.370. The molecule has 2 heterocycles. The molecular weight excluding hydrogens is 565 g/mol. The van der Waals surface area contributed by atoms with Crippen molar-refractivity contribution in [2.24, 2.45) is 0 Å². The van der Waals surface area contributed by atoms with Gasteiger partial charge in [0.05, 0.1) is 11.1 Å². The molecule has 40 heavy (non-hydrogen) atoms. The molecule has 0 unspecified atom stereocenters. The molecule has 1 amide bonds. The molecule has 0 aliphatic rings. The molecule has 2 aromatic heterocycles. The summed E-state index contributed by atoms with van der Waals surface area (Å²) in [5, 5.41) is 20.5.